The lowest BCUT2D eigenvalue weighted by Crippen LogP contribution is -2.52. The van der Waals surface area contributed by atoms with Gasteiger partial charge in [-0.25, -0.2) is 4.98 Å². The van der Waals surface area contributed by atoms with Gasteiger partial charge < -0.3 is 20.3 Å². The predicted octanol–water partition coefficient (Wildman–Crippen LogP) is 0.999. The van der Waals surface area contributed by atoms with Gasteiger partial charge in [0.1, 0.15) is 12.4 Å². The number of nitrogens with zero attached hydrogens (tertiary/aromatic N) is 5. The first kappa shape index (κ1) is 18.1. The molecule has 146 valence electrons. The number of H-pyrrole nitrogens is 1. The molecular weight excluding hydrogens is 360 g/mol. The topological polar surface area (TPSA) is 121 Å². The van der Waals surface area contributed by atoms with Crippen LogP contribution < -0.4 is 15.5 Å². The monoisotopic (exact) mass is 382 g/mol. The quantitative estimate of drug-likeness (QED) is 0.553. The summed E-state index contributed by atoms with van der Waals surface area (Å²) < 4.78 is 4.82. The number of hydrogen-bond acceptors (Lipinski definition) is 8. The minimum absolute atomic E-state index is 0.0809. The van der Waals surface area contributed by atoms with E-state index in [1.807, 2.05) is 25.1 Å². The van der Waals surface area contributed by atoms with Gasteiger partial charge in [0.15, 0.2) is 11.5 Å². The first-order valence-corrected chi connectivity index (χ1v) is 9.05. The van der Waals surface area contributed by atoms with Gasteiger partial charge >= 0.3 is 0 Å². The van der Waals surface area contributed by atoms with Crippen LogP contribution in [0.2, 0.25) is 0 Å². The Kier molecular flexibility index (Phi) is 5.02. The fourth-order valence-electron chi connectivity index (χ4n) is 3.09. The Morgan fingerprint density at radius 2 is 2.25 bits per heavy atom. The minimum atomic E-state index is -0.104. The van der Waals surface area contributed by atoms with Gasteiger partial charge in [-0.3, -0.25) is 9.89 Å². The van der Waals surface area contributed by atoms with E-state index in [-0.39, 0.29) is 12.5 Å². The van der Waals surface area contributed by atoms with Crippen molar-refractivity contribution in [2.75, 3.05) is 43.6 Å². The van der Waals surface area contributed by atoms with Gasteiger partial charge in [0.25, 0.3) is 0 Å². The van der Waals surface area contributed by atoms with Crippen molar-refractivity contribution >= 4 is 34.5 Å². The summed E-state index contributed by atoms with van der Waals surface area (Å²) in [6.45, 7) is 4.17. The van der Waals surface area contributed by atoms with E-state index in [1.165, 1.54) is 7.11 Å². The summed E-state index contributed by atoms with van der Waals surface area (Å²) in [6, 6.07) is 5.69. The number of carbonyl (C=O) groups is 1. The third kappa shape index (κ3) is 3.86. The molecule has 10 nitrogen and oxygen atoms in total. The van der Waals surface area contributed by atoms with Gasteiger partial charge in [0, 0.05) is 50.6 Å². The van der Waals surface area contributed by atoms with Gasteiger partial charge in [-0.15, -0.1) is 0 Å². The maximum atomic E-state index is 11.5. The van der Waals surface area contributed by atoms with Crippen LogP contribution in [-0.2, 0) is 9.53 Å². The van der Waals surface area contributed by atoms with Crippen LogP contribution in [-0.4, -0.2) is 64.4 Å². The number of ether oxygens (including phenoxy) is 1. The molecule has 1 aliphatic rings. The highest BCUT2D eigenvalue weighted by Gasteiger charge is 2.29. The lowest BCUT2D eigenvalue weighted by molar-refractivity contribution is -0.124. The molecule has 1 amide bonds. The number of hydrogen-bond donors (Lipinski definition) is 3. The summed E-state index contributed by atoms with van der Waals surface area (Å²) in [7, 11) is 1.51. The molecule has 0 bridgehead atoms. The van der Waals surface area contributed by atoms with Crippen LogP contribution in [0.3, 0.4) is 0 Å². The molecule has 3 N–H and O–H groups in total. The number of carbonyl (C=O) groups excluding carboxylic acids is 1. The van der Waals surface area contributed by atoms with E-state index < -0.39 is 0 Å². The smallest absolute Gasteiger partial charge is 0.245 e. The molecule has 3 aromatic heterocycles. The van der Waals surface area contributed by atoms with E-state index in [1.54, 1.807) is 6.20 Å². The van der Waals surface area contributed by atoms with Gasteiger partial charge in [0.2, 0.25) is 11.9 Å². The summed E-state index contributed by atoms with van der Waals surface area (Å²) in [4.78, 5) is 27.2. The van der Waals surface area contributed by atoms with Gasteiger partial charge in [-0.05, 0) is 19.1 Å². The molecular formula is C18H22N8O2. The van der Waals surface area contributed by atoms with Crippen LogP contribution in [0.1, 0.15) is 5.69 Å². The number of amides is 1. The van der Waals surface area contributed by atoms with Crippen molar-refractivity contribution in [1.82, 2.24) is 30.5 Å². The highest BCUT2D eigenvalue weighted by Crippen LogP contribution is 2.27. The number of nitrogens with one attached hydrogen (secondary N) is 3. The molecule has 0 unspecified atom stereocenters. The normalized spacial score (nSPS) is 14.1. The Labute approximate surface area is 161 Å². The number of rotatable bonds is 7. The fourth-order valence-corrected chi connectivity index (χ4v) is 3.09. The number of anilines is 3. The SMILES string of the molecule is COCC(=O)NCC1CN(c2nc(Nc3cc(C)[nH]n3)c3cccnc3n2)C1. The highest BCUT2D eigenvalue weighted by atomic mass is 16.5. The third-order valence-electron chi connectivity index (χ3n) is 4.52. The second-order valence-corrected chi connectivity index (χ2v) is 6.82. The maximum absolute atomic E-state index is 11.5. The molecule has 4 heterocycles. The van der Waals surface area contributed by atoms with Crippen LogP contribution in [0, 0.1) is 12.8 Å². The predicted molar refractivity (Wildman–Crippen MR) is 105 cm³/mol. The second kappa shape index (κ2) is 7.77. The van der Waals surface area contributed by atoms with Crippen molar-refractivity contribution in [3.63, 3.8) is 0 Å². The zero-order valence-electron chi connectivity index (χ0n) is 15.8. The Bertz CT molecular complexity index is 983. The average Bonchev–Trinajstić information content (AvgIpc) is 3.05. The fraction of sp³-hybridized carbons (Fsp3) is 0.389. The van der Waals surface area contributed by atoms with Gasteiger partial charge in [-0.1, -0.05) is 0 Å². The first-order chi connectivity index (χ1) is 13.6. The Morgan fingerprint density at radius 3 is 3.00 bits per heavy atom. The van der Waals surface area contributed by atoms with Crippen LogP contribution in [0.25, 0.3) is 11.0 Å². The Morgan fingerprint density at radius 1 is 1.39 bits per heavy atom. The number of aromatic nitrogens is 5. The second-order valence-electron chi connectivity index (χ2n) is 6.82. The average molecular weight is 382 g/mol. The summed E-state index contributed by atoms with van der Waals surface area (Å²) >= 11 is 0. The lowest BCUT2D eigenvalue weighted by atomic mass is 10.0. The molecule has 1 saturated heterocycles. The molecule has 0 atom stereocenters. The molecule has 28 heavy (non-hydrogen) atoms. The standard InChI is InChI=1S/C18H22N8O2/c1-11-6-14(25-24-11)21-17-13-4-3-5-19-16(13)22-18(23-17)26-8-12(9-26)7-20-15(27)10-28-2/h3-6,12H,7-10H2,1-2H3,(H,20,27)(H2,19,21,22,23,24,25). The van der Waals surface area contributed by atoms with E-state index in [4.69, 9.17) is 4.74 Å². The molecule has 10 heteroatoms. The summed E-state index contributed by atoms with van der Waals surface area (Å²) in [5, 5.41) is 14.1. The Balaban J connectivity index is 1.48. The zero-order valence-corrected chi connectivity index (χ0v) is 15.8. The van der Waals surface area contributed by atoms with Crippen molar-refractivity contribution in [1.29, 1.82) is 0 Å². The van der Waals surface area contributed by atoms with Crippen molar-refractivity contribution in [3.05, 3.63) is 30.1 Å². The summed E-state index contributed by atoms with van der Waals surface area (Å²) in [5.74, 6) is 2.22. The largest absolute Gasteiger partial charge is 0.375 e. The lowest BCUT2D eigenvalue weighted by Gasteiger charge is -2.39. The third-order valence-corrected chi connectivity index (χ3v) is 4.52. The summed E-state index contributed by atoms with van der Waals surface area (Å²) in [6.07, 6.45) is 1.71. The highest BCUT2D eigenvalue weighted by molar-refractivity contribution is 5.89. The van der Waals surface area contributed by atoms with E-state index in [0.29, 0.717) is 35.7 Å². The molecule has 0 aromatic carbocycles. The van der Waals surface area contributed by atoms with E-state index in [9.17, 15) is 4.79 Å². The molecule has 0 aliphatic carbocycles. The van der Waals surface area contributed by atoms with E-state index in [2.05, 4.69) is 40.7 Å². The first-order valence-electron chi connectivity index (χ1n) is 9.05. The van der Waals surface area contributed by atoms with Gasteiger partial charge in [0.05, 0.1) is 5.39 Å². The van der Waals surface area contributed by atoms with Crippen molar-refractivity contribution in [2.24, 2.45) is 5.92 Å². The number of aryl methyl sites for hydroxylation is 1. The number of aromatic amines is 1. The molecule has 1 aliphatic heterocycles. The van der Waals surface area contributed by atoms with Gasteiger partial charge in [-0.2, -0.15) is 15.1 Å². The van der Waals surface area contributed by atoms with E-state index >= 15 is 0 Å². The summed E-state index contributed by atoms with van der Waals surface area (Å²) in [5.41, 5.74) is 1.58. The van der Waals surface area contributed by atoms with Crippen LogP contribution >= 0.6 is 0 Å². The number of methoxy groups -OCH3 is 1. The van der Waals surface area contributed by atoms with Crippen molar-refractivity contribution in [2.45, 2.75) is 6.92 Å². The van der Waals surface area contributed by atoms with Crippen molar-refractivity contribution < 1.29 is 9.53 Å². The molecule has 0 radical (unpaired) electrons. The molecule has 0 spiro atoms. The Hall–Kier alpha value is -3.27. The molecule has 4 rings (SSSR count). The minimum Gasteiger partial charge on any atom is -0.375 e. The van der Waals surface area contributed by atoms with Crippen LogP contribution in [0.4, 0.5) is 17.6 Å². The molecule has 3 aromatic rings. The van der Waals surface area contributed by atoms with Crippen LogP contribution in [0.15, 0.2) is 24.4 Å². The maximum Gasteiger partial charge on any atom is 0.245 e. The van der Waals surface area contributed by atoms with Crippen molar-refractivity contribution in [3.8, 4) is 0 Å². The van der Waals surface area contributed by atoms with Crippen LogP contribution in [0.5, 0.6) is 0 Å². The zero-order chi connectivity index (χ0) is 19.5. The molecule has 0 saturated carbocycles. The number of fused-ring (bicyclic) bond motifs is 1. The number of pyridine rings is 1. The van der Waals surface area contributed by atoms with E-state index in [0.717, 1.165) is 24.2 Å². The molecule has 1 fully saturated rings.